The highest BCUT2D eigenvalue weighted by molar-refractivity contribution is 9.09. The Morgan fingerprint density at radius 2 is 1.19 bits per heavy atom. The number of halogens is 2. The summed E-state index contributed by atoms with van der Waals surface area (Å²) in [6, 6.07) is 0. The van der Waals surface area contributed by atoms with Crippen LogP contribution in [0.2, 0.25) is 0 Å². The van der Waals surface area contributed by atoms with Crippen molar-refractivity contribution >= 4 is 43.7 Å². The zero-order chi connectivity index (χ0) is 12.0. The summed E-state index contributed by atoms with van der Waals surface area (Å²) in [5.74, 6) is 0.210. The summed E-state index contributed by atoms with van der Waals surface area (Å²) in [5.41, 5.74) is 0. The molecule has 0 aliphatic carbocycles. The van der Waals surface area contributed by atoms with Crippen LogP contribution in [0.3, 0.4) is 0 Å². The Hall–Kier alpha value is -0.100. The van der Waals surface area contributed by atoms with E-state index in [4.69, 9.17) is 0 Å². The minimum atomic E-state index is 0.105. The standard InChI is InChI=1S/C10H16Br2N2O2/c11-7-9(15)13-3-1-2-4-14(6-5-13)10(16)8-12/h1-8H2. The van der Waals surface area contributed by atoms with Crippen LogP contribution in [-0.4, -0.2) is 58.5 Å². The van der Waals surface area contributed by atoms with Crippen molar-refractivity contribution in [1.82, 2.24) is 9.80 Å². The number of carbonyl (C=O) groups is 2. The maximum absolute atomic E-state index is 11.5. The molecule has 6 heteroatoms. The minimum absolute atomic E-state index is 0.105. The van der Waals surface area contributed by atoms with Crippen LogP contribution < -0.4 is 0 Å². The Morgan fingerprint density at radius 1 is 0.812 bits per heavy atom. The monoisotopic (exact) mass is 354 g/mol. The number of nitrogens with zero attached hydrogens (tertiary/aromatic N) is 2. The normalized spacial score (nSPS) is 17.9. The van der Waals surface area contributed by atoms with Gasteiger partial charge in [-0.05, 0) is 12.8 Å². The Balaban J connectivity index is 2.52. The van der Waals surface area contributed by atoms with Gasteiger partial charge in [-0.25, -0.2) is 0 Å². The molecule has 0 N–H and O–H groups in total. The van der Waals surface area contributed by atoms with Crippen molar-refractivity contribution in [2.45, 2.75) is 12.8 Å². The summed E-state index contributed by atoms with van der Waals surface area (Å²) >= 11 is 6.35. The molecule has 0 bridgehead atoms. The molecule has 0 aromatic rings. The van der Waals surface area contributed by atoms with Gasteiger partial charge in [-0.2, -0.15) is 0 Å². The largest absolute Gasteiger partial charge is 0.340 e. The van der Waals surface area contributed by atoms with E-state index < -0.39 is 0 Å². The number of hydrogen-bond donors (Lipinski definition) is 0. The molecule has 1 aliphatic rings. The average molecular weight is 356 g/mol. The molecule has 1 heterocycles. The van der Waals surface area contributed by atoms with E-state index in [1.807, 2.05) is 9.80 Å². The van der Waals surface area contributed by atoms with Crippen molar-refractivity contribution in [2.24, 2.45) is 0 Å². The number of carbonyl (C=O) groups excluding carboxylic acids is 2. The highest BCUT2D eigenvalue weighted by atomic mass is 79.9. The molecule has 0 radical (unpaired) electrons. The topological polar surface area (TPSA) is 40.6 Å². The maximum atomic E-state index is 11.5. The first-order chi connectivity index (χ1) is 7.69. The summed E-state index contributed by atoms with van der Waals surface area (Å²) in [4.78, 5) is 26.7. The van der Waals surface area contributed by atoms with Gasteiger partial charge >= 0.3 is 0 Å². The van der Waals surface area contributed by atoms with E-state index in [0.717, 1.165) is 25.9 Å². The van der Waals surface area contributed by atoms with Gasteiger partial charge in [0.25, 0.3) is 0 Å². The highest BCUT2D eigenvalue weighted by Crippen LogP contribution is 2.06. The van der Waals surface area contributed by atoms with Crippen molar-refractivity contribution in [2.75, 3.05) is 36.8 Å². The summed E-state index contributed by atoms with van der Waals surface area (Å²) in [6.07, 6.45) is 1.93. The van der Waals surface area contributed by atoms with Crippen LogP contribution in [0.5, 0.6) is 0 Å². The molecular formula is C10H16Br2N2O2. The molecule has 16 heavy (non-hydrogen) atoms. The molecule has 1 rings (SSSR count). The molecular weight excluding hydrogens is 340 g/mol. The van der Waals surface area contributed by atoms with E-state index in [9.17, 15) is 9.59 Å². The van der Waals surface area contributed by atoms with E-state index in [2.05, 4.69) is 31.9 Å². The number of rotatable bonds is 2. The maximum Gasteiger partial charge on any atom is 0.233 e. The first-order valence-corrected chi connectivity index (χ1v) is 7.60. The fourth-order valence-electron chi connectivity index (χ4n) is 1.74. The summed E-state index contributed by atoms with van der Waals surface area (Å²) in [5, 5.41) is 0.721. The lowest BCUT2D eigenvalue weighted by Crippen LogP contribution is -2.44. The quantitative estimate of drug-likeness (QED) is 0.699. The highest BCUT2D eigenvalue weighted by Gasteiger charge is 2.19. The van der Waals surface area contributed by atoms with Gasteiger partial charge in [0.2, 0.25) is 11.8 Å². The van der Waals surface area contributed by atoms with Crippen molar-refractivity contribution in [3.05, 3.63) is 0 Å². The van der Waals surface area contributed by atoms with Crippen LogP contribution in [0.1, 0.15) is 12.8 Å². The second kappa shape index (κ2) is 7.27. The molecule has 4 nitrogen and oxygen atoms in total. The predicted molar refractivity (Wildman–Crippen MR) is 70.0 cm³/mol. The third-order valence-electron chi connectivity index (χ3n) is 2.68. The van der Waals surface area contributed by atoms with Crippen molar-refractivity contribution in [3.63, 3.8) is 0 Å². The van der Waals surface area contributed by atoms with Gasteiger partial charge in [0, 0.05) is 26.2 Å². The molecule has 0 unspecified atom stereocenters. The van der Waals surface area contributed by atoms with E-state index in [1.165, 1.54) is 0 Å². The molecule has 2 amide bonds. The molecule has 1 fully saturated rings. The van der Waals surface area contributed by atoms with Gasteiger partial charge in [0.15, 0.2) is 0 Å². The first kappa shape index (κ1) is 14.0. The van der Waals surface area contributed by atoms with Crippen LogP contribution in [0.25, 0.3) is 0 Å². The fourth-order valence-corrected chi connectivity index (χ4v) is 2.45. The Labute approximate surface area is 113 Å². The Bertz CT molecular complexity index is 235. The molecule has 1 aliphatic heterocycles. The lowest BCUT2D eigenvalue weighted by Gasteiger charge is -2.30. The number of amides is 2. The number of hydrogen-bond acceptors (Lipinski definition) is 2. The van der Waals surface area contributed by atoms with E-state index >= 15 is 0 Å². The van der Waals surface area contributed by atoms with Crippen LogP contribution in [0, 0.1) is 0 Å². The van der Waals surface area contributed by atoms with Gasteiger partial charge in [0.1, 0.15) is 0 Å². The lowest BCUT2D eigenvalue weighted by molar-refractivity contribution is -0.133. The summed E-state index contributed by atoms with van der Waals surface area (Å²) in [7, 11) is 0. The second-order valence-electron chi connectivity index (χ2n) is 3.74. The zero-order valence-corrected chi connectivity index (χ0v) is 12.3. The minimum Gasteiger partial charge on any atom is -0.340 e. The molecule has 1 saturated heterocycles. The molecule has 0 saturated carbocycles. The summed E-state index contributed by atoms with van der Waals surface area (Å²) < 4.78 is 0. The van der Waals surface area contributed by atoms with Crippen LogP contribution >= 0.6 is 31.9 Å². The Kier molecular flexibility index (Phi) is 6.34. The summed E-state index contributed by atoms with van der Waals surface area (Å²) in [6.45, 7) is 2.90. The van der Waals surface area contributed by atoms with Gasteiger partial charge in [-0.15, -0.1) is 0 Å². The third-order valence-corrected chi connectivity index (χ3v) is 3.64. The molecule has 0 atom stereocenters. The van der Waals surface area contributed by atoms with Gasteiger partial charge < -0.3 is 9.80 Å². The fraction of sp³-hybridized carbons (Fsp3) is 0.800. The predicted octanol–water partition coefficient (Wildman–Crippen LogP) is 1.23. The SMILES string of the molecule is O=C(CBr)N1CCCCN(C(=O)CBr)CC1. The molecule has 92 valence electrons. The van der Waals surface area contributed by atoms with Crippen LogP contribution in [0.4, 0.5) is 0 Å². The molecule has 0 aromatic carbocycles. The zero-order valence-electron chi connectivity index (χ0n) is 9.12. The molecule has 0 aromatic heterocycles. The van der Waals surface area contributed by atoms with Crippen LogP contribution in [-0.2, 0) is 9.59 Å². The number of alkyl halides is 2. The Morgan fingerprint density at radius 3 is 1.50 bits per heavy atom. The first-order valence-electron chi connectivity index (χ1n) is 5.36. The van der Waals surface area contributed by atoms with Gasteiger partial charge in [-0.3, -0.25) is 9.59 Å². The van der Waals surface area contributed by atoms with E-state index in [1.54, 1.807) is 0 Å². The van der Waals surface area contributed by atoms with Gasteiger partial charge in [0.05, 0.1) is 10.7 Å². The second-order valence-corrected chi connectivity index (χ2v) is 4.86. The van der Waals surface area contributed by atoms with Crippen molar-refractivity contribution in [1.29, 1.82) is 0 Å². The van der Waals surface area contributed by atoms with Crippen molar-refractivity contribution in [3.8, 4) is 0 Å². The molecule has 0 spiro atoms. The lowest BCUT2D eigenvalue weighted by atomic mass is 10.2. The average Bonchev–Trinajstić information content (AvgIpc) is 2.27. The van der Waals surface area contributed by atoms with E-state index in [0.29, 0.717) is 23.7 Å². The van der Waals surface area contributed by atoms with E-state index in [-0.39, 0.29) is 11.8 Å². The van der Waals surface area contributed by atoms with Gasteiger partial charge in [-0.1, -0.05) is 31.9 Å². The van der Waals surface area contributed by atoms with Crippen molar-refractivity contribution < 1.29 is 9.59 Å². The smallest absolute Gasteiger partial charge is 0.233 e. The third kappa shape index (κ3) is 4.05. The van der Waals surface area contributed by atoms with Crippen LogP contribution in [0.15, 0.2) is 0 Å².